The van der Waals surface area contributed by atoms with Gasteiger partial charge in [0.2, 0.25) is 5.75 Å². The number of ether oxygens (including phenoxy) is 3. The van der Waals surface area contributed by atoms with Crippen LogP contribution in [0, 0.1) is 23.5 Å². The number of rotatable bonds is 12. The summed E-state index contributed by atoms with van der Waals surface area (Å²) in [5, 5.41) is 0. The minimum Gasteiger partial charge on any atom is -0.432 e. The molecule has 0 heterocycles. The van der Waals surface area contributed by atoms with Crippen molar-refractivity contribution in [1.29, 1.82) is 0 Å². The molecule has 0 N–H and O–H groups in total. The quantitative estimate of drug-likeness (QED) is 0.187. The topological polar surface area (TPSA) is 27.7 Å². The van der Waals surface area contributed by atoms with Crippen LogP contribution in [0.5, 0.6) is 17.2 Å². The van der Waals surface area contributed by atoms with E-state index in [1.165, 1.54) is 0 Å². The van der Waals surface area contributed by atoms with E-state index in [1.807, 2.05) is 0 Å². The second kappa shape index (κ2) is 12.6. The Hall–Kier alpha value is -2.79. The first-order chi connectivity index (χ1) is 18.2. The summed E-state index contributed by atoms with van der Waals surface area (Å²) in [7, 11) is 0. The van der Waals surface area contributed by atoms with Crippen molar-refractivity contribution in [2.24, 2.45) is 11.8 Å². The van der Waals surface area contributed by atoms with Crippen molar-refractivity contribution in [1.82, 2.24) is 0 Å². The molecule has 0 amide bonds. The van der Waals surface area contributed by atoms with Gasteiger partial charge in [-0.2, -0.15) is 17.6 Å². The van der Waals surface area contributed by atoms with E-state index >= 15 is 0 Å². The van der Waals surface area contributed by atoms with Gasteiger partial charge in [0.25, 0.3) is 0 Å². The Morgan fingerprint density at radius 1 is 0.718 bits per heavy atom. The Kier molecular flexibility index (Phi) is 9.93. The normalized spacial score (nSPS) is 18.6. The molecular formula is C27H29F9O3. The number of alkyl halides is 7. The summed E-state index contributed by atoms with van der Waals surface area (Å²) in [6.45, 7) is 2.12. The summed E-state index contributed by atoms with van der Waals surface area (Å²) in [6, 6.07) is 3.40. The molecule has 0 aliphatic heterocycles. The fourth-order valence-electron chi connectivity index (χ4n) is 4.62. The van der Waals surface area contributed by atoms with Crippen LogP contribution in [0.15, 0.2) is 36.4 Å². The Labute approximate surface area is 220 Å². The molecule has 1 fully saturated rings. The highest BCUT2D eigenvalue weighted by atomic mass is 19.4. The van der Waals surface area contributed by atoms with Gasteiger partial charge in [-0.3, -0.25) is 0 Å². The highest BCUT2D eigenvalue weighted by molar-refractivity contribution is 5.36. The summed E-state index contributed by atoms with van der Waals surface area (Å²) in [6.07, 6.45) is -5.72. The molecule has 0 saturated heterocycles. The van der Waals surface area contributed by atoms with Gasteiger partial charge in [-0.15, -0.1) is 13.2 Å². The van der Waals surface area contributed by atoms with Gasteiger partial charge in [0.1, 0.15) is 11.5 Å². The summed E-state index contributed by atoms with van der Waals surface area (Å²) in [4.78, 5) is 0. The molecular weight excluding hydrogens is 543 g/mol. The second-order valence-electron chi connectivity index (χ2n) is 9.64. The van der Waals surface area contributed by atoms with Crippen molar-refractivity contribution in [2.75, 3.05) is 0 Å². The van der Waals surface area contributed by atoms with Crippen LogP contribution in [-0.2, 0) is 6.11 Å². The second-order valence-corrected chi connectivity index (χ2v) is 9.64. The first-order valence-corrected chi connectivity index (χ1v) is 12.7. The highest BCUT2D eigenvalue weighted by Crippen LogP contribution is 2.42. The first kappa shape index (κ1) is 30.7. The van der Waals surface area contributed by atoms with E-state index in [1.54, 1.807) is 0 Å². The van der Waals surface area contributed by atoms with Gasteiger partial charge in [-0.05, 0) is 55.9 Å². The Morgan fingerprint density at radius 3 is 1.85 bits per heavy atom. The average Bonchev–Trinajstić information content (AvgIpc) is 2.84. The molecule has 0 unspecified atom stereocenters. The zero-order chi connectivity index (χ0) is 28.8. The van der Waals surface area contributed by atoms with Gasteiger partial charge in [-0.25, -0.2) is 8.78 Å². The maximum atomic E-state index is 14.8. The van der Waals surface area contributed by atoms with Crippen LogP contribution >= 0.6 is 0 Å². The van der Waals surface area contributed by atoms with E-state index < -0.39 is 53.2 Å². The van der Waals surface area contributed by atoms with Gasteiger partial charge in [0.15, 0.2) is 11.6 Å². The third-order valence-corrected chi connectivity index (χ3v) is 6.67. The van der Waals surface area contributed by atoms with Gasteiger partial charge in [0, 0.05) is 12.1 Å². The number of halogens is 9. The lowest BCUT2D eigenvalue weighted by Crippen LogP contribution is -2.37. The van der Waals surface area contributed by atoms with Crippen molar-refractivity contribution in [3.05, 3.63) is 53.6 Å². The molecule has 0 bridgehead atoms. The fourth-order valence-corrected chi connectivity index (χ4v) is 4.62. The van der Waals surface area contributed by atoms with E-state index in [2.05, 4.69) is 16.4 Å². The first-order valence-electron chi connectivity index (χ1n) is 12.7. The SMILES string of the molecule is CCCCCCC1CCC(C(F)(F)Oc2ccc(C(F)(F)Oc3cc(F)c(OC(F)(F)F)c(F)c3)cc2)CC1. The van der Waals surface area contributed by atoms with Crippen molar-refractivity contribution in [3.63, 3.8) is 0 Å². The van der Waals surface area contributed by atoms with Crippen LogP contribution in [0.25, 0.3) is 0 Å². The molecule has 1 saturated carbocycles. The third-order valence-electron chi connectivity index (χ3n) is 6.67. The Morgan fingerprint density at radius 2 is 1.31 bits per heavy atom. The molecule has 0 atom stereocenters. The van der Waals surface area contributed by atoms with Crippen molar-refractivity contribution in [3.8, 4) is 17.2 Å². The predicted molar refractivity (Wildman–Crippen MR) is 124 cm³/mol. The summed E-state index contributed by atoms with van der Waals surface area (Å²) < 4.78 is 135. The Balaban J connectivity index is 1.59. The molecule has 218 valence electrons. The van der Waals surface area contributed by atoms with Crippen molar-refractivity contribution in [2.45, 2.75) is 83.3 Å². The number of unbranched alkanes of at least 4 members (excludes halogenated alkanes) is 3. The van der Waals surface area contributed by atoms with Gasteiger partial charge < -0.3 is 14.2 Å². The standard InChI is InChI=1S/C27H29F9O3/c1-2-3-4-5-6-17-7-9-18(10-8-17)25(30,31)37-20-13-11-19(12-14-20)26(32,33)38-21-15-22(28)24(23(29)16-21)39-27(34,35)36/h11-18H,2-10H2,1H3. The highest BCUT2D eigenvalue weighted by Gasteiger charge is 2.44. The summed E-state index contributed by atoms with van der Waals surface area (Å²) in [5.41, 5.74) is -0.877. The van der Waals surface area contributed by atoms with Crippen molar-refractivity contribution < 1.29 is 53.7 Å². The zero-order valence-corrected chi connectivity index (χ0v) is 21.1. The number of hydrogen-bond donors (Lipinski definition) is 0. The lowest BCUT2D eigenvalue weighted by molar-refractivity contribution is -0.276. The maximum absolute atomic E-state index is 14.8. The van der Waals surface area contributed by atoms with Gasteiger partial charge in [0.05, 0.1) is 11.5 Å². The molecule has 12 heteroatoms. The Bertz CT molecular complexity index is 1040. The summed E-state index contributed by atoms with van der Waals surface area (Å²) >= 11 is 0. The van der Waals surface area contributed by atoms with Gasteiger partial charge >= 0.3 is 18.6 Å². The van der Waals surface area contributed by atoms with Crippen LogP contribution in [0.1, 0.15) is 70.3 Å². The molecule has 2 aromatic rings. The lowest BCUT2D eigenvalue weighted by atomic mass is 9.79. The zero-order valence-electron chi connectivity index (χ0n) is 21.1. The van der Waals surface area contributed by atoms with E-state index in [-0.39, 0.29) is 30.7 Å². The molecule has 1 aliphatic rings. The minimum absolute atomic E-state index is 0.0933. The van der Waals surface area contributed by atoms with Crippen molar-refractivity contribution >= 4 is 0 Å². The fraction of sp³-hybridized carbons (Fsp3) is 0.556. The number of benzene rings is 2. The van der Waals surface area contributed by atoms with E-state index in [0.29, 0.717) is 18.8 Å². The van der Waals surface area contributed by atoms with E-state index in [0.717, 1.165) is 56.4 Å². The van der Waals surface area contributed by atoms with E-state index in [4.69, 9.17) is 4.74 Å². The largest absolute Gasteiger partial charge is 0.573 e. The molecule has 0 aromatic heterocycles. The average molecular weight is 573 g/mol. The van der Waals surface area contributed by atoms with Crippen LogP contribution < -0.4 is 14.2 Å². The van der Waals surface area contributed by atoms with Crippen LogP contribution in [-0.4, -0.2) is 12.5 Å². The monoisotopic (exact) mass is 572 g/mol. The molecule has 3 nitrogen and oxygen atoms in total. The van der Waals surface area contributed by atoms with Crippen LogP contribution in [0.2, 0.25) is 0 Å². The molecule has 39 heavy (non-hydrogen) atoms. The molecule has 3 rings (SSSR count). The molecule has 0 radical (unpaired) electrons. The number of hydrogen-bond acceptors (Lipinski definition) is 3. The predicted octanol–water partition coefficient (Wildman–Crippen LogP) is 9.74. The maximum Gasteiger partial charge on any atom is 0.573 e. The molecule has 1 aliphatic carbocycles. The van der Waals surface area contributed by atoms with Gasteiger partial charge in [-0.1, -0.05) is 39.0 Å². The third kappa shape index (κ3) is 8.86. The summed E-state index contributed by atoms with van der Waals surface area (Å²) in [5.74, 6) is -7.77. The van der Waals surface area contributed by atoms with Crippen LogP contribution in [0.4, 0.5) is 39.5 Å². The molecule has 2 aromatic carbocycles. The minimum atomic E-state index is -5.41. The smallest absolute Gasteiger partial charge is 0.432 e. The van der Waals surface area contributed by atoms with Crippen LogP contribution in [0.3, 0.4) is 0 Å². The lowest BCUT2D eigenvalue weighted by Gasteiger charge is -2.33. The molecule has 0 spiro atoms. The van der Waals surface area contributed by atoms with E-state index in [9.17, 15) is 39.5 Å².